The van der Waals surface area contributed by atoms with Crippen LogP contribution in [0.5, 0.6) is 0 Å². The molecule has 1 aliphatic carbocycles. The summed E-state index contributed by atoms with van der Waals surface area (Å²) in [6.45, 7) is 0. The van der Waals surface area contributed by atoms with Crippen LogP contribution in [0.15, 0.2) is 30.7 Å². The van der Waals surface area contributed by atoms with Crippen molar-refractivity contribution in [2.75, 3.05) is 5.73 Å². The molecular formula is C11H12N4O2. The summed E-state index contributed by atoms with van der Waals surface area (Å²) in [5.41, 5.74) is 7.11. The van der Waals surface area contributed by atoms with Crippen molar-refractivity contribution in [3.63, 3.8) is 0 Å². The fraction of sp³-hybridized carbons (Fsp3) is 0.273. The van der Waals surface area contributed by atoms with Gasteiger partial charge in [-0.05, 0) is 6.07 Å². The third-order valence-electron chi connectivity index (χ3n) is 3.05. The van der Waals surface area contributed by atoms with Gasteiger partial charge in [0, 0.05) is 6.20 Å². The number of pyridine rings is 1. The second-order valence-electron chi connectivity index (χ2n) is 4.07. The lowest BCUT2D eigenvalue weighted by atomic mass is 10.2. The summed E-state index contributed by atoms with van der Waals surface area (Å²) in [6, 6.07) is 1.46. The summed E-state index contributed by atoms with van der Waals surface area (Å²) < 4.78 is 1.78. The Morgan fingerprint density at radius 2 is 2.06 bits per heavy atom. The molecule has 6 heteroatoms. The van der Waals surface area contributed by atoms with Gasteiger partial charge in [-0.15, -0.1) is 0 Å². The third-order valence-corrected chi connectivity index (χ3v) is 3.05. The topological polar surface area (TPSA) is 97.2 Å². The molecule has 88 valence electrons. The fourth-order valence-corrected chi connectivity index (χ4v) is 2.13. The standard InChI is InChI=1S/C11H12N4O2/c12-11-9-6(3-4-13-11)15(5-14-9)7-1-2-8(16)10(7)17/h1-5,7-8,10,16-17H,(H2,12,13)/t7-,8-,10+/m1/s1. The van der Waals surface area contributed by atoms with Crippen LogP contribution < -0.4 is 5.73 Å². The molecule has 2 heterocycles. The molecule has 0 aliphatic heterocycles. The first-order valence-electron chi connectivity index (χ1n) is 5.30. The first-order valence-corrected chi connectivity index (χ1v) is 5.30. The number of fused-ring (bicyclic) bond motifs is 1. The number of nitrogens with two attached hydrogens (primary N) is 1. The first-order chi connectivity index (χ1) is 8.18. The van der Waals surface area contributed by atoms with Crippen molar-refractivity contribution >= 4 is 16.9 Å². The number of nitrogen functional groups attached to an aromatic ring is 1. The van der Waals surface area contributed by atoms with Crippen LogP contribution in [0.25, 0.3) is 11.0 Å². The van der Waals surface area contributed by atoms with E-state index in [9.17, 15) is 10.2 Å². The van der Waals surface area contributed by atoms with Gasteiger partial charge in [-0.2, -0.15) is 0 Å². The van der Waals surface area contributed by atoms with E-state index in [2.05, 4.69) is 9.97 Å². The highest BCUT2D eigenvalue weighted by Crippen LogP contribution is 2.28. The maximum atomic E-state index is 9.85. The van der Waals surface area contributed by atoms with Gasteiger partial charge in [-0.1, -0.05) is 12.2 Å². The van der Waals surface area contributed by atoms with Gasteiger partial charge in [0.05, 0.1) is 17.9 Å². The van der Waals surface area contributed by atoms with E-state index in [-0.39, 0.29) is 6.04 Å². The Morgan fingerprint density at radius 3 is 2.76 bits per heavy atom. The summed E-state index contributed by atoms with van der Waals surface area (Å²) >= 11 is 0. The third kappa shape index (κ3) is 1.42. The van der Waals surface area contributed by atoms with Crippen molar-refractivity contribution in [1.29, 1.82) is 0 Å². The zero-order valence-electron chi connectivity index (χ0n) is 8.93. The predicted molar refractivity (Wildman–Crippen MR) is 62.1 cm³/mol. The number of imidazole rings is 1. The van der Waals surface area contributed by atoms with Gasteiger partial charge in [0.1, 0.15) is 17.7 Å². The van der Waals surface area contributed by atoms with Crippen LogP contribution >= 0.6 is 0 Å². The average Bonchev–Trinajstić information content (AvgIpc) is 2.86. The molecule has 6 nitrogen and oxygen atoms in total. The van der Waals surface area contributed by atoms with Gasteiger partial charge in [-0.3, -0.25) is 0 Å². The van der Waals surface area contributed by atoms with E-state index in [1.54, 1.807) is 35.3 Å². The molecule has 2 aromatic heterocycles. The minimum absolute atomic E-state index is 0.322. The monoisotopic (exact) mass is 232 g/mol. The molecule has 0 radical (unpaired) electrons. The van der Waals surface area contributed by atoms with Crippen LogP contribution in [-0.2, 0) is 0 Å². The largest absolute Gasteiger partial charge is 0.388 e. The summed E-state index contributed by atoms with van der Waals surface area (Å²) in [4.78, 5) is 8.12. The van der Waals surface area contributed by atoms with E-state index in [4.69, 9.17) is 5.73 Å². The molecule has 3 atom stereocenters. The Labute approximate surface area is 97.0 Å². The molecule has 0 spiro atoms. The Bertz CT molecular complexity index is 592. The molecule has 17 heavy (non-hydrogen) atoms. The zero-order chi connectivity index (χ0) is 12.0. The van der Waals surface area contributed by atoms with Crippen molar-refractivity contribution in [2.24, 2.45) is 0 Å². The van der Waals surface area contributed by atoms with Crippen LogP contribution in [0.1, 0.15) is 6.04 Å². The van der Waals surface area contributed by atoms with Crippen molar-refractivity contribution in [1.82, 2.24) is 14.5 Å². The molecule has 0 amide bonds. The molecule has 0 fully saturated rings. The number of aliphatic hydroxyl groups excluding tert-OH is 2. The van der Waals surface area contributed by atoms with Crippen molar-refractivity contribution in [3.05, 3.63) is 30.7 Å². The number of rotatable bonds is 1. The van der Waals surface area contributed by atoms with Crippen LogP contribution in [0.2, 0.25) is 0 Å². The number of anilines is 1. The fourth-order valence-electron chi connectivity index (χ4n) is 2.13. The molecule has 0 aromatic carbocycles. The van der Waals surface area contributed by atoms with Crippen LogP contribution in [0.3, 0.4) is 0 Å². The minimum atomic E-state index is -0.859. The van der Waals surface area contributed by atoms with Crippen LogP contribution in [0, 0.1) is 0 Å². The number of nitrogens with zero attached hydrogens (tertiary/aromatic N) is 3. The predicted octanol–water partition coefficient (Wildman–Crippen LogP) is -0.154. The minimum Gasteiger partial charge on any atom is -0.388 e. The van der Waals surface area contributed by atoms with E-state index < -0.39 is 12.2 Å². The van der Waals surface area contributed by atoms with Gasteiger partial charge in [0.15, 0.2) is 5.82 Å². The SMILES string of the molecule is Nc1nccc2c1ncn2[C@@H]1C=C[C@@H](O)[C@H]1O. The van der Waals surface area contributed by atoms with E-state index >= 15 is 0 Å². The van der Waals surface area contributed by atoms with Crippen molar-refractivity contribution in [2.45, 2.75) is 18.2 Å². The lowest BCUT2D eigenvalue weighted by molar-refractivity contribution is 0.0376. The summed E-state index contributed by atoms with van der Waals surface area (Å²) in [5.74, 6) is 0.360. The first kappa shape index (κ1) is 10.2. The van der Waals surface area contributed by atoms with Gasteiger partial charge in [-0.25, -0.2) is 9.97 Å². The van der Waals surface area contributed by atoms with Crippen LogP contribution in [0.4, 0.5) is 5.82 Å². The number of aliphatic hydroxyl groups is 2. The van der Waals surface area contributed by atoms with E-state index in [1.165, 1.54) is 0 Å². The Morgan fingerprint density at radius 1 is 1.24 bits per heavy atom. The maximum absolute atomic E-state index is 9.85. The second-order valence-corrected chi connectivity index (χ2v) is 4.07. The lowest BCUT2D eigenvalue weighted by Crippen LogP contribution is -2.27. The molecule has 0 unspecified atom stereocenters. The summed E-state index contributed by atoms with van der Waals surface area (Å²) in [5, 5.41) is 19.3. The highest BCUT2D eigenvalue weighted by Gasteiger charge is 2.30. The number of aromatic nitrogens is 3. The highest BCUT2D eigenvalue weighted by molar-refractivity contribution is 5.84. The molecule has 2 aromatic rings. The number of hydrogen-bond acceptors (Lipinski definition) is 5. The van der Waals surface area contributed by atoms with E-state index in [1.807, 2.05) is 0 Å². The molecular weight excluding hydrogens is 220 g/mol. The zero-order valence-corrected chi connectivity index (χ0v) is 8.93. The van der Waals surface area contributed by atoms with Gasteiger partial charge in [0.2, 0.25) is 0 Å². The average molecular weight is 232 g/mol. The normalized spacial score (nSPS) is 28.0. The molecule has 3 rings (SSSR count). The second kappa shape index (κ2) is 3.54. The smallest absolute Gasteiger partial charge is 0.151 e. The lowest BCUT2D eigenvalue weighted by Gasteiger charge is -2.18. The van der Waals surface area contributed by atoms with E-state index in [0.717, 1.165) is 5.52 Å². The van der Waals surface area contributed by atoms with Gasteiger partial charge in [0.25, 0.3) is 0 Å². The Balaban J connectivity index is 2.13. The Hall–Kier alpha value is -1.92. The molecule has 0 bridgehead atoms. The van der Waals surface area contributed by atoms with Crippen LogP contribution in [-0.4, -0.2) is 37.0 Å². The molecule has 1 aliphatic rings. The van der Waals surface area contributed by atoms with E-state index in [0.29, 0.717) is 11.3 Å². The van der Waals surface area contributed by atoms with Crippen molar-refractivity contribution in [3.8, 4) is 0 Å². The molecule has 4 N–H and O–H groups in total. The maximum Gasteiger partial charge on any atom is 0.151 e. The molecule has 0 saturated carbocycles. The van der Waals surface area contributed by atoms with Gasteiger partial charge < -0.3 is 20.5 Å². The Kier molecular flexibility index (Phi) is 2.13. The summed E-state index contributed by atoms with van der Waals surface area (Å²) in [7, 11) is 0. The molecule has 0 saturated heterocycles. The number of hydrogen-bond donors (Lipinski definition) is 3. The summed E-state index contributed by atoms with van der Waals surface area (Å²) in [6.07, 6.45) is 4.83. The quantitative estimate of drug-likeness (QED) is 0.594. The van der Waals surface area contributed by atoms with Gasteiger partial charge >= 0.3 is 0 Å². The van der Waals surface area contributed by atoms with Crippen molar-refractivity contribution < 1.29 is 10.2 Å². The highest BCUT2D eigenvalue weighted by atomic mass is 16.3.